The average molecular weight is 413 g/mol. The number of benzene rings is 2. The van der Waals surface area contributed by atoms with Crippen LogP contribution in [-0.4, -0.2) is 17.4 Å². The number of pyridine rings is 1. The normalized spacial score (nSPS) is 13.7. The number of aryl methyl sites for hydroxylation is 1. The van der Waals surface area contributed by atoms with Crippen molar-refractivity contribution in [3.8, 4) is 11.5 Å². The summed E-state index contributed by atoms with van der Waals surface area (Å²) in [5, 5.41) is 0.866. The minimum atomic E-state index is -0.206. The summed E-state index contributed by atoms with van der Waals surface area (Å²) in [5.41, 5.74) is 2.98. The maximum Gasteiger partial charge on any atom is 0.267 e. The Hall–Kier alpha value is -2.76. The zero-order valence-corrected chi connectivity index (χ0v) is 16.1. The molecule has 0 radical (unpaired) electrons. The van der Waals surface area contributed by atoms with Crippen LogP contribution in [-0.2, 0) is 6.42 Å². The van der Waals surface area contributed by atoms with E-state index in [2.05, 4.69) is 4.98 Å². The first-order valence-electron chi connectivity index (χ1n) is 8.85. The van der Waals surface area contributed by atoms with Gasteiger partial charge in [-0.15, -0.1) is 0 Å². The molecular formula is C21H14Cl2N2O3. The van der Waals surface area contributed by atoms with E-state index >= 15 is 0 Å². The van der Waals surface area contributed by atoms with E-state index in [1.165, 1.54) is 6.20 Å². The van der Waals surface area contributed by atoms with Crippen molar-refractivity contribution in [1.29, 1.82) is 0 Å². The topological polar surface area (TPSA) is 55.6 Å². The molecule has 0 aliphatic carbocycles. The molecule has 0 saturated carbocycles. The molecule has 0 N–H and O–H groups in total. The molecule has 0 fully saturated rings. The van der Waals surface area contributed by atoms with E-state index in [1.807, 2.05) is 24.3 Å². The van der Waals surface area contributed by atoms with Crippen molar-refractivity contribution in [2.24, 2.45) is 0 Å². The number of ether oxygens (including phenoxy) is 1. The molecule has 140 valence electrons. The number of fused-ring (bicyclic) bond motifs is 3. The van der Waals surface area contributed by atoms with Crippen LogP contribution in [0, 0.1) is 0 Å². The summed E-state index contributed by atoms with van der Waals surface area (Å²) in [4.78, 5) is 19.4. The van der Waals surface area contributed by atoms with Crippen molar-refractivity contribution in [1.82, 2.24) is 4.98 Å². The predicted molar refractivity (Wildman–Crippen MR) is 108 cm³/mol. The van der Waals surface area contributed by atoms with Gasteiger partial charge in [-0.2, -0.15) is 0 Å². The highest BCUT2D eigenvalue weighted by Gasteiger charge is 2.32. The molecule has 2 aromatic heterocycles. The van der Waals surface area contributed by atoms with Gasteiger partial charge in [0.05, 0.1) is 11.2 Å². The van der Waals surface area contributed by atoms with Crippen LogP contribution in [0.2, 0.25) is 10.0 Å². The number of carbonyl (C=O) groups is 1. The molecule has 1 amide bonds. The van der Waals surface area contributed by atoms with E-state index in [0.717, 1.165) is 24.1 Å². The molecule has 3 heterocycles. The molecule has 5 nitrogen and oxygen atoms in total. The minimum Gasteiger partial charge on any atom is -0.451 e. The van der Waals surface area contributed by atoms with Crippen molar-refractivity contribution >= 4 is 46.1 Å². The average Bonchev–Trinajstić information content (AvgIpc) is 3.31. The Morgan fingerprint density at radius 2 is 2.04 bits per heavy atom. The highest BCUT2D eigenvalue weighted by molar-refractivity contribution is 6.34. The van der Waals surface area contributed by atoms with Gasteiger partial charge in [-0.25, -0.2) is 4.98 Å². The largest absolute Gasteiger partial charge is 0.451 e. The lowest BCUT2D eigenvalue weighted by Crippen LogP contribution is -2.35. The molecule has 7 heteroatoms. The van der Waals surface area contributed by atoms with Crippen LogP contribution >= 0.6 is 23.2 Å². The fraction of sp³-hybridized carbons (Fsp3) is 0.143. The second kappa shape index (κ2) is 6.69. The molecule has 0 unspecified atom stereocenters. The van der Waals surface area contributed by atoms with E-state index in [9.17, 15) is 4.79 Å². The Morgan fingerprint density at radius 3 is 2.93 bits per heavy atom. The van der Waals surface area contributed by atoms with E-state index in [0.29, 0.717) is 39.2 Å². The summed E-state index contributed by atoms with van der Waals surface area (Å²) in [6.07, 6.45) is 3.37. The number of amides is 1. The number of hydrogen-bond donors (Lipinski definition) is 0. The molecular weight excluding hydrogens is 399 g/mol. The molecule has 0 saturated heterocycles. The molecule has 4 aromatic rings. The molecule has 0 atom stereocenters. The predicted octanol–water partition coefficient (Wildman–Crippen LogP) is 5.96. The smallest absolute Gasteiger partial charge is 0.267 e. The molecule has 0 spiro atoms. The summed E-state index contributed by atoms with van der Waals surface area (Å²) in [7, 11) is 0. The molecule has 28 heavy (non-hydrogen) atoms. The maximum absolute atomic E-state index is 13.4. The first kappa shape index (κ1) is 17.3. The second-order valence-electron chi connectivity index (χ2n) is 6.60. The van der Waals surface area contributed by atoms with Gasteiger partial charge >= 0.3 is 0 Å². The Labute approximate surface area is 170 Å². The monoisotopic (exact) mass is 412 g/mol. The van der Waals surface area contributed by atoms with Crippen LogP contribution < -0.4 is 9.64 Å². The van der Waals surface area contributed by atoms with Gasteiger partial charge in [0.2, 0.25) is 5.71 Å². The lowest BCUT2D eigenvalue weighted by molar-refractivity contribution is 0.0984. The number of carbonyl (C=O) groups excluding carboxylic acids is 1. The highest BCUT2D eigenvalue weighted by atomic mass is 35.5. The van der Waals surface area contributed by atoms with Crippen LogP contribution in [0.5, 0.6) is 11.5 Å². The number of aromatic nitrogens is 1. The van der Waals surface area contributed by atoms with Crippen LogP contribution in [0.25, 0.3) is 11.3 Å². The second-order valence-corrected chi connectivity index (χ2v) is 7.44. The number of furan rings is 1. The number of nitrogens with zero attached hydrogens (tertiary/aromatic N) is 2. The standard InChI is InChI=1S/C21H14Cl2N2O3/c22-13-7-8-14(23)16(10-13)27-19-17-11-24-20(28-17)18(19)21(26)25-9-3-5-12-4-1-2-6-15(12)25/h1-2,4,6-8,10-11H,3,5,9H2. The summed E-state index contributed by atoms with van der Waals surface area (Å²) >= 11 is 12.3. The van der Waals surface area contributed by atoms with Crippen LogP contribution in [0.15, 0.2) is 53.1 Å². The number of halogens is 2. The van der Waals surface area contributed by atoms with Gasteiger partial charge in [0, 0.05) is 23.3 Å². The molecule has 1 aliphatic heterocycles. The van der Waals surface area contributed by atoms with E-state index in [1.54, 1.807) is 23.1 Å². The summed E-state index contributed by atoms with van der Waals surface area (Å²) in [6, 6.07) is 12.8. The number of para-hydroxylation sites is 1. The number of hydrogen-bond acceptors (Lipinski definition) is 4. The van der Waals surface area contributed by atoms with Crippen molar-refractivity contribution < 1.29 is 13.9 Å². The van der Waals surface area contributed by atoms with Gasteiger partial charge in [-0.05, 0) is 36.6 Å². The fourth-order valence-corrected chi connectivity index (χ4v) is 3.87. The van der Waals surface area contributed by atoms with Crippen molar-refractivity contribution in [2.75, 3.05) is 11.4 Å². The van der Waals surface area contributed by atoms with Crippen LogP contribution in [0.1, 0.15) is 22.3 Å². The van der Waals surface area contributed by atoms with Crippen LogP contribution in [0.3, 0.4) is 0 Å². The fourth-order valence-electron chi connectivity index (χ4n) is 3.55. The first-order chi connectivity index (χ1) is 13.6. The van der Waals surface area contributed by atoms with Crippen molar-refractivity contribution in [3.05, 3.63) is 69.8 Å². The third-order valence-corrected chi connectivity index (χ3v) is 5.39. The van der Waals surface area contributed by atoms with Gasteiger partial charge in [-0.3, -0.25) is 4.79 Å². The number of anilines is 1. The third-order valence-electron chi connectivity index (χ3n) is 4.84. The number of oxazole rings is 1. The van der Waals surface area contributed by atoms with Crippen molar-refractivity contribution in [3.63, 3.8) is 0 Å². The summed E-state index contributed by atoms with van der Waals surface area (Å²) in [6.45, 7) is 0.622. The van der Waals surface area contributed by atoms with Gasteiger partial charge < -0.3 is 14.1 Å². The quantitative estimate of drug-likeness (QED) is 0.416. The lowest BCUT2D eigenvalue weighted by Gasteiger charge is -2.29. The van der Waals surface area contributed by atoms with E-state index in [4.69, 9.17) is 32.4 Å². The van der Waals surface area contributed by atoms with Gasteiger partial charge in [0.15, 0.2) is 11.3 Å². The number of rotatable bonds is 3. The first-order valence-corrected chi connectivity index (χ1v) is 9.61. The highest BCUT2D eigenvalue weighted by Crippen LogP contribution is 2.41. The zero-order valence-electron chi connectivity index (χ0n) is 14.6. The molecule has 2 aromatic carbocycles. The zero-order chi connectivity index (χ0) is 19.3. The van der Waals surface area contributed by atoms with E-state index in [-0.39, 0.29) is 11.6 Å². The Balaban J connectivity index is 1.57. The van der Waals surface area contributed by atoms with E-state index < -0.39 is 0 Å². The van der Waals surface area contributed by atoms with Gasteiger partial charge in [0.25, 0.3) is 5.91 Å². The van der Waals surface area contributed by atoms with Crippen molar-refractivity contribution in [2.45, 2.75) is 12.8 Å². The van der Waals surface area contributed by atoms with Gasteiger partial charge in [0.1, 0.15) is 11.3 Å². The van der Waals surface area contributed by atoms with Gasteiger partial charge in [-0.1, -0.05) is 41.4 Å². The van der Waals surface area contributed by atoms with Crippen LogP contribution in [0.4, 0.5) is 5.69 Å². The molecule has 5 rings (SSSR count). The third kappa shape index (κ3) is 2.79. The maximum atomic E-state index is 13.4. The molecule has 2 bridgehead atoms. The Kier molecular flexibility index (Phi) is 4.14. The molecule has 1 aliphatic rings. The lowest BCUT2D eigenvalue weighted by atomic mass is 10.0. The Morgan fingerprint density at radius 1 is 1.18 bits per heavy atom. The SMILES string of the molecule is O=C(c1c(Oc2cc(Cl)ccc2Cl)c2cnc1o2)N1CCCc2ccccc21. The minimum absolute atomic E-state index is 0.206. The summed E-state index contributed by atoms with van der Waals surface area (Å²) < 4.78 is 11.6. The Bertz CT molecular complexity index is 1190. The summed E-state index contributed by atoms with van der Waals surface area (Å²) in [5.74, 6) is 0.454.